The molecule has 0 heterocycles. The summed E-state index contributed by atoms with van der Waals surface area (Å²) in [6.45, 7) is 2.74. The summed E-state index contributed by atoms with van der Waals surface area (Å²) in [5.74, 6) is 0.504. The molecular weight excluding hydrogens is 252 g/mol. The summed E-state index contributed by atoms with van der Waals surface area (Å²) in [5, 5.41) is 0. The first-order valence-electron chi connectivity index (χ1n) is 7.52. The van der Waals surface area contributed by atoms with Crippen molar-refractivity contribution in [3.05, 3.63) is 35.4 Å². The highest BCUT2D eigenvalue weighted by Crippen LogP contribution is 2.29. The van der Waals surface area contributed by atoms with E-state index in [0.29, 0.717) is 18.3 Å². The lowest BCUT2D eigenvalue weighted by Crippen LogP contribution is -2.22. The van der Waals surface area contributed by atoms with Crippen molar-refractivity contribution in [2.45, 2.75) is 51.7 Å². The molecular formula is C17H24O3. The van der Waals surface area contributed by atoms with E-state index in [1.165, 1.54) is 26.4 Å². The Kier molecular flexibility index (Phi) is 5.60. The van der Waals surface area contributed by atoms with Gasteiger partial charge in [0.1, 0.15) is 0 Å². The zero-order chi connectivity index (χ0) is 14.4. The number of ether oxygens (including phenoxy) is 2. The minimum Gasteiger partial charge on any atom is -0.465 e. The molecule has 1 aliphatic carbocycles. The average molecular weight is 276 g/mol. The smallest absolute Gasteiger partial charge is 0.338 e. The van der Waals surface area contributed by atoms with Crippen molar-refractivity contribution in [3.63, 3.8) is 0 Å². The Hall–Kier alpha value is -1.35. The van der Waals surface area contributed by atoms with Gasteiger partial charge in [-0.15, -0.1) is 0 Å². The number of methoxy groups -OCH3 is 1. The lowest BCUT2D eigenvalue weighted by molar-refractivity contribution is 0.00118. The molecule has 0 amide bonds. The number of carbonyl (C=O) groups is 1. The van der Waals surface area contributed by atoms with Crippen molar-refractivity contribution in [3.8, 4) is 0 Å². The molecule has 0 aromatic heterocycles. The minimum atomic E-state index is -0.292. The van der Waals surface area contributed by atoms with Crippen LogP contribution in [0.5, 0.6) is 0 Å². The van der Waals surface area contributed by atoms with E-state index >= 15 is 0 Å². The van der Waals surface area contributed by atoms with Gasteiger partial charge in [0.05, 0.1) is 25.4 Å². The Morgan fingerprint density at radius 1 is 1.30 bits per heavy atom. The van der Waals surface area contributed by atoms with Crippen LogP contribution < -0.4 is 0 Å². The minimum absolute atomic E-state index is 0.292. The zero-order valence-electron chi connectivity index (χ0n) is 12.4. The van der Waals surface area contributed by atoms with Crippen molar-refractivity contribution in [2.24, 2.45) is 5.92 Å². The summed E-state index contributed by atoms with van der Waals surface area (Å²) in [6, 6.07) is 7.51. The molecule has 1 aromatic carbocycles. The molecule has 1 aromatic rings. The third kappa shape index (κ3) is 3.83. The maximum absolute atomic E-state index is 11.7. The molecule has 0 radical (unpaired) electrons. The highest BCUT2D eigenvalue weighted by atomic mass is 16.5. The first-order chi connectivity index (χ1) is 9.74. The molecule has 0 N–H and O–H groups in total. The van der Waals surface area contributed by atoms with Gasteiger partial charge >= 0.3 is 5.97 Å². The Labute approximate surface area is 121 Å². The zero-order valence-corrected chi connectivity index (χ0v) is 12.4. The third-order valence-electron chi connectivity index (χ3n) is 4.21. The monoisotopic (exact) mass is 276 g/mol. The van der Waals surface area contributed by atoms with Crippen LogP contribution in [-0.2, 0) is 16.1 Å². The Morgan fingerprint density at radius 3 is 2.85 bits per heavy atom. The topological polar surface area (TPSA) is 35.5 Å². The van der Waals surface area contributed by atoms with E-state index in [0.717, 1.165) is 24.3 Å². The largest absolute Gasteiger partial charge is 0.465 e. The molecule has 2 unspecified atom stereocenters. The molecule has 1 fully saturated rings. The van der Waals surface area contributed by atoms with E-state index in [1.54, 1.807) is 6.07 Å². The highest BCUT2D eigenvalue weighted by Gasteiger charge is 2.21. The van der Waals surface area contributed by atoms with Gasteiger partial charge in [0.25, 0.3) is 0 Å². The number of benzene rings is 1. The second-order valence-corrected chi connectivity index (χ2v) is 5.52. The van der Waals surface area contributed by atoms with Crippen LogP contribution in [0.3, 0.4) is 0 Å². The number of hydrogen-bond donors (Lipinski definition) is 0. The van der Waals surface area contributed by atoms with E-state index in [9.17, 15) is 4.79 Å². The fourth-order valence-corrected chi connectivity index (χ4v) is 2.93. The normalized spacial score (nSPS) is 22.5. The quantitative estimate of drug-likeness (QED) is 0.764. The van der Waals surface area contributed by atoms with Gasteiger partial charge in [-0.1, -0.05) is 44.4 Å². The van der Waals surface area contributed by atoms with Crippen LogP contribution in [0.1, 0.15) is 54.9 Å². The van der Waals surface area contributed by atoms with Crippen molar-refractivity contribution in [1.82, 2.24) is 0 Å². The molecule has 0 spiro atoms. The summed E-state index contributed by atoms with van der Waals surface area (Å²) in [7, 11) is 1.41. The Balaban J connectivity index is 1.95. The Bertz CT molecular complexity index is 442. The molecule has 0 bridgehead atoms. The van der Waals surface area contributed by atoms with Gasteiger partial charge in [0, 0.05) is 0 Å². The van der Waals surface area contributed by atoms with Gasteiger partial charge < -0.3 is 9.47 Å². The van der Waals surface area contributed by atoms with Gasteiger partial charge in [0.15, 0.2) is 0 Å². The van der Waals surface area contributed by atoms with E-state index in [1.807, 2.05) is 18.2 Å². The lowest BCUT2D eigenvalue weighted by Gasteiger charge is -2.28. The first kappa shape index (κ1) is 15.0. The summed E-state index contributed by atoms with van der Waals surface area (Å²) >= 11 is 0. The van der Waals surface area contributed by atoms with Crippen LogP contribution in [0.4, 0.5) is 0 Å². The van der Waals surface area contributed by atoms with Crippen LogP contribution in [0.2, 0.25) is 0 Å². The van der Waals surface area contributed by atoms with Crippen LogP contribution in [0.25, 0.3) is 0 Å². The molecule has 0 saturated heterocycles. The van der Waals surface area contributed by atoms with Crippen molar-refractivity contribution in [2.75, 3.05) is 7.11 Å². The molecule has 1 aliphatic rings. The maximum Gasteiger partial charge on any atom is 0.338 e. The van der Waals surface area contributed by atoms with Crippen LogP contribution in [0.15, 0.2) is 24.3 Å². The standard InChI is InChI=1S/C17H24O3/c1-3-13-7-6-9-15(11-13)20-12-14-8-4-5-10-16(14)17(18)19-2/h4-5,8,10,13,15H,3,6-7,9,11-12H2,1-2H3. The summed E-state index contributed by atoms with van der Waals surface area (Å²) in [5.41, 5.74) is 1.52. The van der Waals surface area contributed by atoms with Gasteiger partial charge in [0.2, 0.25) is 0 Å². The first-order valence-corrected chi connectivity index (χ1v) is 7.52. The predicted octanol–water partition coefficient (Wildman–Crippen LogP) is 3.96. The van der Waals surface area contributed by atoms with Crippen LogP contribution in [0, 0.1) is 5.92 Å². The van der Waals surface area contributed by atoms with Gasteiger partial charge in [-0.05, 0) is 30.4 Å². The molecule has 1 saturated carbocycles. The SMILES string of the molecule is CCC1CCCC(OCc2ccccc2C(=O)OC)C1. The van der Waals surface area contributed by atoms with Crippen molar-refractivity contribution in [1.29, 1.82) is 0 Å². The third-order valence-corrected chi connectivity index (χ3v) is 4.21. The molecule has 20 heavy (non-hydrogen) atoms. The summed E-state index contributed by atoms with van der Waals surface area (Å²) in [6.07, 6.45) is 6.43. The van der Waals surface area contributed by atoms with E-state index in [4.69, 9.17) is 9.47 Å². The second-order valence-electron chi connectivity index (χ2n) is 5.52. The van der Waals surface area contributed by atoms with Gasteiger partial charge in [-0.25, -0.2) is 4.79 Å². The number of rotatable bonds is 5. The summed E-state index contributed by atoms with van der Waals surface area (Å²) in [4.78, 5) is 11.7. The van der Waals surface area contributed by atoms with E-state index in [-0.39, 0.29) is 5.97 Å². The second kappa shape index (κ2) is 7.44. The number of carbonyl (C=O) groups excluding carboxylic acids is 1. The van der Waals surface area contributed by atoms with Gasteiger partial charge in [-0.2, -0.15) is 0 Å². The van der Waals surface area contributed by atoms with Crippen LogP contribution in [-0.4, -0.2) is 19.2 Å². The van der Waals surface area contributed by atoms with Crippen molar-refractivity contribution < 1.29 is 14.3 Å². The number of hydrogen-bond acceptors (Lipinski definition) is 3. The fraction of sp³-hybridized carbons (Fsp3) is 0.588. The fourth-order valence-electron chi connectivity index (χ4n) is 2.93. The predicted molar refractivity (Wildman–Crippen MR) is 78.6 cm³/mol. The molecule has 110 valence electrons. The average Bonchev–Trinajstić information content (AvgIpc) is 2.52. The summed E-state index contributed by atoms with van der Waals surface area (Å²) < 4.78 is 10.8. The molecule has 2 atom stereocenters. The van der Waals surface area contributed by atoms with E-state index in [2.05, 4.69) is 6.92 Å². The molecule has 3 heteroatoms. The Morgan fingerprint density at radius 2 is 2.10 bits per heavy atom. The maximum atomic E-state index is 11.7. The van der Waals surface area contributed by atoms with Crippen LogP contribution >= 0.6 is 0 Å². The number of esters is 1. The highest BCUT2D eigenvalue weighted by molar-refractivity contribution is 5.90. The van der Waals surface area contributed by atoms with Crippen molar-refractivity contribution >= 4 is 5.97 Å². The molecule has 2 rings (SSSR count). The van der Waals surface area contributed by atoms with E-state index < -0.39 is 0 Å². The lowest BCUT2D eigenvalue weighted by atomic mass is 9.85. The van der Waals surface area contributed by atoms with Gasteiger partial charge in [-0.3, -0.25) is 0 Å². The molecule has 0 aliphatic heterocycles. The molecule has 3 nitrogen and oxygen atoms in total.